The van der Waals surface area contributed by atoms with Crippen LogP contribution in [0.25, 0.3) is 0 Å². The summed E-state index contributed by atoms with van der Waals surface area (Å²) in [6.45, 7) is 7.18. The summed E-state index contributed by atoms with van der Waals surface area (Å²) in [5.41, 5.74) is 3.82. The number of amides is 1. The molecule has 0 spiro atoms. The van der Waals surface area contributed by atoms with Gasteiger partial charge in [-0.05, 0) is 39.0 Å². The van der Waals surface area contributed by atoms with E-state index in [2.05, 4.69) is 34.3 Å². The van der Waals surface area contributed by atoms with Crippen LogP contribution >= 0.6 is 0 Å². The largest absolute Gasteiger partial charge is 0.305 e. The molecule has 0 bridgehead atoms. The van der Waals surface area contributed by atoms with Crippen LogP contribution in [0.2, 0.25) is 0 Å². The highest BCUT2D eigenvalue weighted by molar-refractivity contribution is 6.04. The number of fused-ring (bicyclic) bond motifs is 1. The first-order valence-electron chi connectivity index (χ1n) is 9.30. The summed E-state index contributed by atoms with van der Waals surface area (Å²) in [7, 11) is 0. The number of nitrogens with one attached hydrogen (secondary N) is 2. The number of aromatic amines is 1. The maximum Gasteiger partial charge on any atom is 0.256 e. The fourth-order valence-corrected chi connectivity index (χ4v) is 3.73. The van der Waals surface area contributed by atoms with Crippen LogP contribution in [-0.4, -0.2) is 21.0 Å². The van der Waals surface area contributed by atoms with E-state index in [1.54, 1.807) is 18.2 Å². The first-order valence-corrected chi connectivity index (χ1v) is 9.30. The molecule has 2 heterocycles. The lowest BCUT2D eigenvalue weighted by atomic mass is 10.00. The number of hydrogen-bond donors (Lipinski definition) is 2. The topological polar surface area (TPSA) is 61.0 Å². The van der Waals surface area contributed by atoms with Crippen molar-refractivity contribution in [3.8, 4) is 0 Å². The van der Waals surface area contributed by atoms with E-state index in [9.17, 15) is 9.18 Å². The molecule has 1 aliphatic rings. The second-order valence-electron chi connectivity index (χ2n) is 7.76. The Labute approximate surface area is 163 Å². The molecule has 0 saturated heterocycles. The molecule has 5 nitrogen and oxygen atoms in total. The third-order valence-electron chi connectivity index (χ3n) is 5.45. The number of carbonyl (C=O) groups excluding carboxylic acids is 1. The maximum atomic E-state index is 14.3. The quantitative estimate of drug-likeness (QED) is 0.709. The van der Waals surface area contributed by atoms with Crippen LogP contribution in [0.3, 0.4) is 0 Å². The minimum atomic E-state index is -0.353. The van der Waals surface area contributed by atoms with Gasteiger partial charge in [0.15, 0.2) is 5.82 Å². The van der Waals surface area contributed by atoms with Crippen LogP contribution < -0.4 is 5.32 Å². The third-order valence-corrected chi connectivity index (χ3v) is 5.45. The van der Waals surface area contributed by atoms with Gasteiger partial charge in [-0.25, -0.2) is 4.39 Å². The molecule has 1 amide bonds. The Hall–Kier alpha value is -2.99. The van der Waals surface area contributed by atoms with Crippen molar-refractivity contribution < 1.29 is 9.18 Å². The molecule has 3 aromatic rings. The van der Waals surface area contributed by atoms with E-state index in [1.807, 2.05) is 31.2 Å². The summed E-state index contributed by atoms with van der Waals surface area (Å²) in [6, 6.07) is 14.2. The molecule has 0 unspecified atom stereocenters. The Kier molecular flexibility index (Phi) is 4.51. The molecule has 0 aliphatic carbocycles. The number of nitrogens with zero attached hydrogens (tertiary/aromatic N) is 2. The van der Waals surface area contributed by atoms with Crippen molar-refractivity contribution in [3.05, 3.63) is 82.3 Å². The molecular formula is C22H23FN4O. The number of anilines is 1. The fourth-order valence-electron chi connectivity index (χ4n) is 3.73. The molecule has 144 valence electrons. The molecule has 0 fully saturated rings. The van der Waals surface area contributed by atoms with Gasteiger partial charge in [0.25, 0.3) is 5.91 Å². The van der Waals surface area contributed by atoms with Crippen molar-refractivity contribution in [3.63, 3.8) is 0 Å². The van der Waals surface area contributed by atoms with E-state index >= 15 is 0 Å². The zero-order valence-corrected chi connectivity index (χ0v) is 16.2. The Bertz CT molecular complexity index is 1030. The molecule has 6 heteroatoms. The Morgan fingerprint density at radius 1 is 1.25 bits per heavy atom. The molecule has 4 rings (SSSR count). The zero-order valence-electron chi connectivity index (χ0n) is 16.2. The van der Waals surface area contributed by atoms with E-state index in [0.717, 1.165) is 16.8 Å². The molecule has 28 heavy (non-hydrogen) atoms. The summed E-state index contributed by atoms with van der Waals surface area (Å²) >= 11 is 0. The van der Waals surface area contributed by atoms with Gasteiger partial charge in [-0.1, -0.05) is 35.9 Å². The highest BCUT2D eigenvalue weighted by atomic mass is 19.1. The van der Waals surface area contributed by atoms with Crippen LogP contribution in [0, 0.1) is 12.7 Å². The van der Waals surface area contributed by atoms with E-state index in [0.29, 0.717) is 30.0 Å². The summed E-state index contributed by atoms with van der Waals surface area (Å²) in [6.07, 6.45) is 0. The van der Waals surface area contributed by atoms with E-state index in [1.165, 1.54) is 6.07 Å². The predicted molar refractivity (Wildman–Crippen MR) is 106 cm³/mol. The number of benzene rings is 2. The number of halogens is 1. The van der Waals surface area contributed by atoms with Crippen molar-refractivity contribution in [1.82, 2.24) is 15.1 Å². The second kappa shape index (κ2) is 6.87. The molecule has 0 radical (unpaired) electrons. The van der Waals surface area contributed by atoms with Gasteiger partial charge >= 0.3 is 0 Å². The zero-order chi connectivity index (χ0) is 19.9. The van der Waals surface area contributed by atoms with Crippen LogP contribution in [0.15, 0.2) is 48.5 Å². The van der Waals surface area contributed by atoms with Gasteiger partial charge in [-0.2, -0.15) is 5.10 Å². The van der Waals surface area contributed by atoms with Crippen molar-refractivity contribution >= 4 is 11.7 Å². The lowest BCUT2D eigenvalue weighted by Gasteiger charge is -2.32. The molecule has 2 aromatic carbocycles. The number of rotatable bonds is 4. The number of carbonyl (C=O) groups is 1. The smallest absolute Gasteiger partial charge is 0.256 e. The Morgan fingerprint density at radius 3 is 2.75 bits per heavy atom. The SMILES string of the molecule is Cc1ccc(F)c(CN2Cc3c(NC(=O)c4ccccc4)n[nH]c3C2(C)C)c1. The first kappa shape index (κ1) is 18.4. The average Bonchev–Trinajstić information content (AvgIpc) is 3.18. The van der Waals surface area contributed by atoms with Gasteiger partial charge in [0, 0.05) is 29.8 Å². The predicted octanol–water partition coefficient (Wildman–Crippen LogP) is 4.36. The van der Waals surface area contributed by atoms with Crippen LogP contribution in [0.1, 0.15) is 46.6 Å². The standard InChI is InChI=1S/C22H23FN4O/c1-14-9-10-18(23)16(11-14)12-27-13-17-19(22(27,2)3)25-26-20(17)24-21(28)15-7-5-4-6-8-15/h4-11H,12-13H2,1-3H3,(H2,24,25,26,28). The van der Waals surface area contributed by atoms with Crippen LogP contribution in [0.5, 0.6) is 0 Å². The highest BCUT2D eigenvalue weighted by Crippen LogP contribution is 2.41. The van der Waals surface area contributed by atoms with E-state index in [4.69, 9.17) is 0 Å². The number of aryl methyl sites for hydroxylation is 1. The maximum absolute atomic E-state index is 14.3. The summed E-state index contributed by atoms with van der Waals surface area (Å²) in [5.74, 6) is 0.132. The van der Waals surface area contributed by atoms with Crippen molar-refractivity contribution in [2.75, 3.05) is 5.32 Å². The second-order valence-corrected chi connectivity index (χ2v) is 7.76. The highest BCUT2D eigenvalue weighted by Gasteiger charge is 2.41. The third kappa shape index (κ3) is 3.20. The normalized spacial score (nSPS) is 15.4. The molecule has 1 aliphatic heterocycles. The first-order chi connectivity index (χ1) is 13.4. The summed E-state index contributed by atoms with van der Waals surface area (Å²) < 4.78 is 14.3. The Morgan fingerprint density at radius 2 is 2.00 bits per heavy atom. The number of hydrogen-bond acceptors (Lipinski definition) is 3. The van der Waals surface area contributed by atoms with Gasteiger partial charge in [0.2, 0.25) is 0 Å². The minimum absolute atomic E-state index is 0.198. The van der Waals surface area contributed by atoms with E-state index < -0.39 is 0 Å². The minimum Gasteiger partial charge on any atom is -0.305 e. The summed E-state index contributed by atoms with van der Waals surface area (Å²) in [4.78, 5) is 14.7. The van der Waals surface area contributed by atoms with Gasteiger partial charge in [0.05, 0.1) is 11.2 Å². The average molecular weight is 378 g/mol. The van der Waals surface area contributed by atoms with Crippen LogP contribution in [-0.2, 0) is 18.6 Å². The van der Waals surface area contributed by atoms with Crippen molar-refractivity contribution in [2.45, 2.75) is 39.4 Å². The molecule has 0 saturated carbocycles. The lowest BCUT2D eigenvalue weighted by molar-refractivity contribution is 0.102. The lowest BCUT2D eigenvalue weighted by Crippen LogP contribution is -2.35. The fraction of sp³-hybridized carbons (Fsp3) is 0.273. The van der Waals surface area contributed by atoms with E-state index in [-0.39, 0.29) is 17.3 Å². The van der Waals surface area contributed by atoms with Gasteiger partial charge in [-0.15, -0.1) is 0 Å². The van der Waals surface area contributed by atoms with Gasteiger partial charge < -0.3 is 5.32 Å². The number of aromatic nitrogens is 2. The monoisotopic (exact) mass is 378 g/mol. The summed E-state index contributed by atoms with van der Waals surface area (Å²) in [5, 5.41) is 10.3. The molecule has 1 aromatic heterocycles. The van der Waals surface area contributed by atoms with Gasteiger partial charge in [-0.3, -0.25) is 14.8 Å². The van der Waals surface area contributed by atoms with Gasteiger partial charge in [0.1, 0.15) is 5.82 Å². The number of H-pyrrole nitrogens is 1. The molecule has 2 N–H and O–H groups in total. The van der Waals surface area contributed by atoms with Crippen LogP contribution in [0.4, 0.5) is 10.2 Å². The Balaban J connectivity index is 1.58. The van der Waals surface area contributed by atoms with Crippen molar-refractivity contribution in [1.29, 1.82) is 0 Å². The molecular weight excluding hydrogens is 355 g/mol. The molecule has 0 atom stereocenters. The van der Waals surface area contributed by atoms with Crippen molar-refractivity contribution in [2.24, 2.45) is 0 Å².